The topological polar surface area (TPSA) is 87.7 Å². The van der Waals surface area contributed by atoms with Crippen molar-refractivity contribution in [3.63, 3.8) is 0 Å². The van der Waals surface area contributed by atoms with E-state index < -0.39 is 17.5 Å². The molecule has 0 unspecified atom stereocenters. The van der Waals surface area contributed by atoms with Gasteiger partial charge in [-0.2, -0.15) is 0 Å². The van der Waals surface area contributed by atoms with Gasteiger partial charge in [-0.3, -0.25) is 14.5 Å². The van der Waals surface area contributed by atoms with Crippen LogP contribution in [0.25, 0.3) is 0 Å². The number of imide groups is 1. The Labute approximate surface area is 172 Å². The molecule has 2 fully saturated rings. The Bertz CT molecular complexity index is 779. The maximum Gasteiger partial charge on any atom is 0.325 e. The number of nitrogens with one attached hydrogen (secondary N) is 2. The Balaban J connectivity index is 1.72. The second kappa shape index (κ2) is 8.43. The summed E-state index contributed by atoms with van der Waals surface area (Å²) < 4.78 is 5.17. The summed E-state index contributed by atoms with van der Waals surface area (Å²) in [6.07, 6.45) is 3.57. The lowest BCUT2D eigenvalue weighted by atomic mass is 9.78. The van der Waals surface area contributed by atoms with E-state index in [9.17, 15) is 14.4 Å². The van der Waals surface area contributed by atoms with Crippen LogP contribution in [0.2, 0.25) is 0 Å². The van der Waals surface area contributed by atoms with E-state index in [-0.39, 0.29) is 18.5 Å². The van der Waals surface area contributed by atoms with Crippen LogP contribution < -0.4 is 15.4 Å². The van der Waals surface area contributed by atoms with E-state index in [1.807, 2.05) is 6.92 Å². The van der Waals surface area contributed by atoms with Crippen LogP contribution in [-0.2, 0) is 15.1 Å². The minimum atomic E-state index is -1.16. The number of carbonyl (C=O) groups excluding carboxylic acids is 3. The zero-order chi connectivity index (χ0) is 21.2. The van der Waals surface area contributed by atoms with Crippen molar-refractivity contribution in [1.29, 1.82) is 0 Å². The minimum absolute atomic E-state index is 0.0875. The molecule has 1 aromatic rings. The number of amides is 4. The maximum atomic E-state index is 13.2. The predicted molar refractivity (Wildman–Crippen MR) is 109 cm³/mol. The summed E-state index contributed by atoms with van der Waals surface area (Å²) in [7, 11) is 1.57. The number of benzene rings is 1. The summed E-state index contributed by atoms with van der Waals surface area (Å²) >= 11 is 0. The fraction of sp³-hybridized carbons (Fsp3) is 0.591. The first-order valence-corrected chi connectivity index (χ1v) is 10.4. The molecule has 0 spiro atoms. The zero-order valence-electron chi connectivity index (χ0n) is 17.7. The third-order valence-electron chi connectivity index (χ3n) is 6.64. The first-order chi connectivity index (χ1) is 13.8. The van der Waals surface area contributed by atoms with Gasteiger partial charge in [0, 0.05) is 6.04 Å². The van der Waals surface area contributed by atoms with E-state index in [1.54, 1.807) is 31.4 Å². The molecule has 1 saturated carbocycles. The summed E-state index contributed by atoms with van der Waals surface area (Å²) in [5.74, 6) is 0.915. The van der Waals surface area contributed by atoms with Crippen LogP contribution in [-0.4, -0.2) is 42.4 Å². The third kappa shape index (κ3) is 3.95. The molecule has 7 nitrogen and oxygen atoms in total. The van der Waals surface area contributed by atoms with Crippen molar-refractivity contribution in [2.24, 2.45) is 11.8 Å². The summed E-state index contributed by atoms with van der Waals surface area (Å²) in [6.45, 7) is 5.93. The third-order valence-corrected chi connectivity index (χ3v) is 6.64. The lowest BCUT2D eigenvalue weighted by Crippen LogP contribution is -2.49. The molecule has 0 bridgehead atoms. The molecule has 2 aliphatic rings. The molecule has 158 valence electrons. The highest BCUT2D eigenvalue weighted by atomic mass is 16.5. The monoisotopic (exact) mass is 401 g/mol. The molecule has 4 atom stereocenters. The smallest absolute Gasteiger partial charge is 0.325 e. The number of urea groups is 1. The Morgan fingerprint density at radius 2 is 1.93 bits per heavy atom. The fourth-order valence-corrected chi connectivity index (χ4v) is 4.47. The minimum Gasteiger partial charge on any atom is -0.497 e. The molecule has 3 rings (SSSR count). The fourth-order valence-electron chi connectivity index (χ4n) is 4.47. The molecule has 29 heavy (non-hydrogen) atoms. The highest BCUT2D eigenvalue weighted by Crippen LogP contribution is 2.33. The Morgan fingerprint density at radius 1 is 1.24 bits per heavy atom. The van der Waals surface area contributed by atoms with E-state index >= 15 is 0 Å². The normalized spacial score (nSPS) is 29.5. The van der Waals surface area contributed by atoms with Crippen molar-refractivity contribution in [3.05, 3.63) is 29.8 Å². The average molecular weight is 402 g/mol. The number of hydrogen-bond acceptors (Lipinski definition) is 4. The molecule has 1 heterocycles. The van der Waals surface area contributed by atoms with Gasteiger partial charge < -0.3 is 15.4 Å². The van der Waals surface area contributed by atoms with Gasteiger partial charge in [0.25, 0.3) is 5.91 Å². The van der Waals surface area contributed by atoms with E-state index in [2.05, 4.69) is 24.5 Å². The molecule has 7 heteroatoms. The van der Waals surface area contributed by atoms with E-state index in [1.165, 1.54) is 6.42 Å². The Morgan fingerprint density at radius 3 is 2.55 bits per heavy atom. The zero-order valence-corrected chi connectivity index (χ0v) is 17.7. The quantitative estimate of drug-likeness (QED) is 0.718. The second-order valence-corrected chi connectivity index (χ2v) is 8.25. The summed E-state index contributed by atoms with van der Waals surface area (Å²) in [6, 6.07) is 6.61. The number of nitrogens with zero attached hydrogens (tertiary/aromatic N) is 1. The standard InChI is InChI=1S/C22H31N3O4/c1-5-22(16-9-11-17(29-4)12-10-16)20(27)25(21(28)24-22)13-19(26)23-18-8-6-7-14(2)15(18)3/h9-12,14-15,18H,5-8,13H2,1-4H3,(H,23,26)(H,24,28)/t14-,15+,18-,22-/m1/s1. The van der Waals surface area contributed by atoms with Crippen molar-refractivity contribution >= 4 is 17.8 Å². The second-order valence-electron chi connectivity index (χ2n) is 8.25. The molecule has 0 radical (unpaired) electrons. The maximum absolute atomic E-state index is 13.2. The van der Waals surface area contributed by atoms with Crippen LogP contribution in [0.5, 0.6) is 5.75 Å². The van der Waals surface area contributed by atoms with Crippen LogP contribution >= 0.6 is 0 Å². The van der Waals surface area contributed by atoms with Gasteiger partial charge in [-0.25, -0.2) is 4.79 Å². The molecule has 1 aromatic carbocycles. The first-order valence-electron chi connectivity index (χ1n) is 10.4. The largest absolute Gasteiger partial charge is 0.497 e. The van der Waals surface area contributed by atoms with Gasteiger partial charge in [-0.15, -0.1) is 0 Å². The molecule has 0 aromatic heterocycles. The van der Waals surface area contributed by atoms with Gasteiger partial charge in [-0.1, -0.05) is 45.7 Å². The average Bonchev–Trinajstić information content (AvgIpc) is 2.96. The molecule has 1 aliphatic heterocycles. The van der Waals surface area contributed by atoms with Crippen molar-refractivity contribution in [2.75, 3.05) is 13.7 Å². The predicted octanol–water partition coefficient (Wildman–Crippen LogP) is 2.79. The number of hydrogen-bond donors (Lipinski definition) is 2. The highest BCUT2D eigenvalue weighted by Gasteiger charge is 2.51. The van der Waals surface area contributed by atoms with Gasteiger partial charge in [-0.05, 0) is 42.4 Å². The molecular formula is C22H31N3O4. The van der Waals surface area contributed by atoms with Crippen molar-refractivity contribution in [1.82, 2.24) is 15.5 Å². The Kier molecular flexibility index (Phi) is 6.15. The molecule has 4 amide bonds. The van der Waals surface area contributed by atoms with Crippen molar-refractivity contribution < 1.29 is 19.1 Å². The molecule has 1 aliphatic carbocycles. The first kappa shape index (κ1) is 21.1. The van der Waals surface area contributed by atoms with Gasteiger partial charge in [0.05, 0.1) is 7.11 Å². The summed E-state index contributed by atoms with van der Waals surface area (Å²) in [5.41, 5.74) is -0.479. The lowest BCUT2D eigenvalue weighted by molar-refractivity contribution is -0.135. The van der Waals surface area contributed by atoms with Gasteiger partial charge in [0.1, 0.15) is 17.8 Å². The van der Waals surface area contributed by atoms with Gasteiger partial charge in [0.15, 0.2) is 0 Å². The van der Waals surface area contributed by atoms with Crippen LogP contribution in [0.3, 0.4) is 0 Å². The molecular weight excluding hydrogens is 370 g/mol. The molecule has 2 N–H and O–H groups in total. The van der Waals surface area contributed by atoms with E-state index in [4.69, 9.17) is 4.74 Å². The highest BCUT2D eigenvalue weighted by molar-refractivity contribution is 6.09. The Hall–Kier alpha value is -2.57. The lowest BCUT2D eigenvalue weighted by Gasteiger charge is -2.34. The van der Waals surface area contributed by atoms with Crippen LogP contribution in [0.4, 0.5) is 4.79 Å². The van der Waals surface area contributed by atoms with Gasteiger partial charge in [0.2, 0.25) is 5.91 Å². The summed E-state index contributed by atoms with van der Waals surface area (Å²) in [5, 5.41) is 5.85. The van der Waals surface area contributed by atoms with Gasteiger partial charge >= 0.3 is 6.03 Å². The number of methoxy groups -OCH3 is 1. The molecule has 1 saturated heterocycles. The van der Waals surface area contributed by atoms with Crippen molar-refractivity contribution in [3.8, 4) is 5.75 Å². The number of carbonyl (C=O) groups is 3. The van der Waals surface area contributed by atoms with Crippen molar-refractivity contribution in [2.45, 2.75) is 58.0 Å². The number of rotatable bonds is 6. The van der Waals surface area contributed by atoms with Crippen LogP contribution in [0.15, 0.2) is 24.3 Å². The van der Waals surface area contributed by atoms with E-state index in [0.29, 0.717) is 29.6 Å². The summed E-state index contributed by atoms with van der Waals surface area (Å²) in [4.78, 5) is 39.4. The van der Waals surface area contributed by atoms with E-state index in [0.717, 1.165) is 17.7 Å². The number of ether oxygens (including phenoxy) is 1. The van der Waals surface area contributed by atoms with Crippen LogP contribution in [0.1, 0.15) is 52.0 Å². The van der Waals surface area contributed by atoms with Crippen LogP contribution in [0, 0.1) is 11.8 Å². The SMILES string of the molecule is CC[C@]1(c2ccc(OC)cc2)NC(=O)N(CC(=O)N[C@@H]2CCC[C@@H](C)[C@@H]2C)C1=O.